The normalized spacial score (nSPS) is 11.8. The SMILES string of the molecule is COc1ccc(NC(=O)N[C@H](c2nccn2CC=O)C(C)C)cc1. The Kier molecular flexibility index (Phi) is 5.95. The number of nitrogens with one attached hydrogen (secondary N) is 2. The largest absolute Gasteiger partial charge is 0.497 e. The highest BCUT2D eigenvalue weighted by molar-refractivity contribution is 5.89. The zero-order chi connectivity index (χ0) is 17.5. The van der Waals surface area contributed by atoms with Crippen LogP contribution in [0.15, 0.2) is 36.7 Å². The van der Waals surface area contributed by atoms with Crippen molar-refractivity contribution in [2.45, 2.75) is 26.4 Å². The third-order valence-corrected chi connectivity index (χ3v) is 3.60. The van der Waals surface area contributed by atoms with Crippen LogP contribution in [0.5, 0.6) is 5.75 Å². The molecule has 1 atom stereocenters. The van der Waals surface area contributed by atoms with Gasteiger partial charge in [0.05, 0.1) is 19.7 Å². The van der Waals surface area contributed by atoms with Crippen molar-refractivity contribution in [3.05, 3.63) is 42.5 Å². The fourth-order valence-corrected chi connectivity index (χ4v) is 2.35. The Bertz CT molecular complexity index is 679. The molecule has 2 aromatic rings. The summed E-state index contributed by atoms with van der Waals surface area (Å²) in [6, 6.07) is 6.42. The van der Waals surface area contributed by atoms with Crippen molar-refractivity contribution in [3.8, 4) is 5.75 Å². The number of hydrogen-bond donors (Lipinski definition) is 2. The van der Waals surface area contributed by atoms with Crippen molar-refractivity contribution in [1.29, 1.82) is 0 Å². The number of aldehydes is 1. The first kappa shape index (κ1) is 17.5. The van der Waals surface area contributed by atoms with Gasteiger partial charge in [-0.05, 0) is 30.2 Å². The van der Waals surface area contributed by atoms with Crippen LogP contribution in [-0.4, -0.2) is 29.0 Å². The predicted molar refractivity (Wildman–Crippen MR) is 91.0 cm³/mol. The predicted octanol–water partition coefficient (Wildman–Crippen LogP) is 2.61. The molecule has 0 aliphatic rings. The number of ether oxygens (including phenoxy) is 1. The van der Waals surface area contributed by atoms with E-state index in [0.29, 0.717) is 11.5 Å². The molecule has 1 heterocycles. The summed E-state index contributed by atoms with van der Waals surface area (Å²) in [6.07, 6.45) is 4.15. The van der Waals surface area contributed by atoms with Crippen LogP contribution in [0, 0.1) is 5.92 Å². The van der Waals surface area contributed by atoms with E-state index in [0.717, 1.165) is 12.0 Å². The second kappa shape index (κ2) is 8.14. The van der Waals surface area contributed by atoms with Crippen molar-refractivity contribution >= 4 is 18.0 Å². The number of amides is 2. The van der Waals surface area contributed by atoms with Crippen LogP contribution in [-0.2, 0) is 11.3 Å². The first-order chi connectivity index (χ1) is 11.5. The van der Waals surface area contributed by atoms with Gasteiger partial charge >= 0.3 is 6.03 Å². The number of carbonyl (C=O) groups excluding carboxylic acids is 2. The highest BCUT2D eigenvalue weighted by Crippen LogP contribution is 2.21. The smallest absolute Gasteiger partial charge is 0.319 e. The van der Waals surface area contributed by atoms with Crippen molar-refractivity contribution < 1.29 is 14.3 Å². The van der Waals surface area contributed by atoms with Gasteiger partial charge < -0.3 is 24.7 Å². The van der Waals surface area contributed by atoms with Gasteiger partial charge in [0.2, 0.25) is 0 Å². The summed E-state index contributed by atoms with van der Waals surface area (Å²) in [4.78, 5) is 27.3. The maximum atomic E-state index is 12.3. The molecule has 1 aromatic heterocycles. The molecule has 0 fully saturated rings. The first-order valence-electron chi connectivity index (χ1n) is 7.71. The molecule has 0 aliphatic carbocycles. The number of benzene rings is 1. The molecule has 0 spiro atoms. The van der Waals surface area contributed by atoms with Gasteiger partial charge in [0.1, 0.15) is 17.9 Å². The van der Waals surface area contributed by atoms with E-state index in [4.69, 9.17) is 4.74 Å². The summed E-state index contributed by atoms with van der Waals surface area (Å²) in [5.41, 5.74) is 0.659. The van der Waals surface area contributed by atoms with Gasteiger partial charge in [-0.25, -0.2) is 9.78 Å². The molecule has 0 saturated heterocycles. The highest BCUT2D eigenvalue weighted by Gasteiger charge is 2.22. The second-order valence-corrected chi connectivity index (χ2v) is 5.65. The topological polar surface area (TPSA) is 85.2 Å². The molecule has 0 saturated carbocycles. The van der Waals surface area contributed by atoms with Crippen molar-refractivity contribution in [1.82, 2.24) is 14.9 Å². The molecule has 128 valence electrons. The number of hydrogen-bond acceptors (Lipinski definition) is 4. The molecule has 2 N–H and O–H groups in total. The minimum atomic E-state index is -0.334. The molecule has 24 heavy (non-hydrogen) atoms. The molecule has 7 nitrogen and oxygen atoms in total. The van der Waals surface area contributed by atoms with Gasteiger partial charge in [0.25, 0.3) is 0 Å². The average Bonchev–Trinajstić information content (AvgIpc) is 3.01. The van der Waals surface area contributed by atoms with Crippen LogP contribution in [0.2, 0.25) is 0 Å². The molecule has 7 heteroatoms. The van der Waals surface area contributed by atoms with E-state index in [1.54, 1.807) is 48.3 Å². The van der Waals surface area contributed by atoms with Crippen LogP contribution >= 0.6 is 0 Å². The lowest BCUT2D eigenvalue weighted by Gasteiger charge is -2.22. The number of urea groups is 1. The molecule has 0 aliphatic heterocycles. The van der Waals surface area contributed by atoms with E-state index in [9.17, 15) is 9.59 Å². The van der Waals surface area contributed by atoms with Crippen molar-refractivity contribution in [2.24, 2.45) is 5.92 Å². The first-order valence-corrected chi connectivity index (χ1v) is 7.71. The van der Waals surface area contributed by atoms with Crippen LogP contribution in [0.4, 0.5) is 10.5 Å². The Morgan fingerprint density at radius 3 is 2.62 bits per heavy atom. The number of nitrogens with zero attached hydrogens (tertiary/aromatic N) is 2. The molecular formula is C17H22N4O3. The Morgan fingerprint density at radius 1 is 1.33 bits per heavy atom. The van der Waals surface area contributed by atoms with Crippen molar-refractivity contribution in [3.63, 3.8) is 0 Å². The summed E-state index contributed by atoms with van der Waals surface area (Å²) >= 11 is 0. The molecule has 2 amide bonds. The number of rotatable bonds is 7. The number of imidazole rings is 1. The third-order valence-electron chi connectivity index (χ3n) is 3.60. The molecular weight excluding hydrogens is 308 g/mol. The summed E-state index contributed by atoms with van der Waals surface area (Å²) < 4.78 is 6.81. The number of carbonyl (C=O) groups is 2. The summed E-state index contributed by atoms with van der Waals surface area (Å²) in [5, 5.41) is 5.69. The van der Waals surface area contributed by atoms with Crippen LogP contribution in [0.3, 0.4) is 0 Å². The fraction of sp³-hybridized carbons (Fsp3) is 0.353. The fourth-order valence-electron chi connectivity index (χ4n) is 2.35. The van der Waals surface area contributed by atoms with E-state index < -0.39 is 0 Å². The lowest BCUT2D eigenvalue weighted by molar-refractivity contribution is -0.108. The van der Waals surface area contributed by atoms with E-state index in [-0.39, 0.29) is 24.5 Å². The quantitative estimate of drug-likeness (QED) is 0.764. The van der Waals surface area contributed by atoms with E-state index >= 15 is 0 Å². The summed E-state index contributed by atoms with van der Waals surface area (Å²) in [5.74, 6) is 1.48. The molecule has 1 aromatic carbocycles. The van der Waals surface area contributed by atoms with Gasteiger partial charge in [-0.3, -0.25) is 0 Å². The highest BCUT2D eigenvalue weighted by atomic mass is 16.5. The minimum Gasteiger partial charge on any atom is -0.497 e. The zero-order valence-electron chi connectivity index (χ0n) is 14.0. The van der Waals surface area contributed by atoms with Crippen molar-refractivity contribution in [2.75, 3.05) is 12.4 Å². The summed E-state index contributed by atoms with van der Waals surface area (Å²) in [7, 11) is 1.59. The summed E-state index contributed by atoms with van der Waals surface area (Å²) in [6.45, 7) is 4.18. The molecule has 2 rings (SSSR count). The third kappa shape index (κ3) is 4.34. The van der Waals surface area contributed by atoms with Gasteiger partial charge in [0.15, 0.2) is 0 Å². The average molecular weight is 330 g/mol. The monoisotopic (exact) mass is 330 g/mol. The Labute approximate surface area is 141 Å². The molecule has 0 radical (unpaired) electrons. The zero-order valence-corrected chi connectivity index (χ0v) is 14.0. The Hall–Kier alpha value is -2.83. The van der Waals surface area contributed by atoms with E-state index in [2.05, 4.69) is 15.6 Å². The van der Waals surface area contributed by atoms with Crippen LogP contribution in [0.25, 0.3) is 0 Å². The number of aromatic nitrogens is 2. The van der Waals surface area contributed by atoms with Gasteiger partial charge in [-0.15, -0.1) is 0 Å². The van der Waals surface area contributed by atoms with E-state index in [1.165, 1.54) is 0 Å². The van der Waals surface area contributed by atoms with Gasteiger partial charge in [-0.2, -0.15) is 0 Å². The maximum absolute atomic E-state index is 12.3. The second-order valence-electron chi connectivity index (χ2n) is 5.65. The van der Waals surface area contributed by atoms with Crippen LogP contribution in [0.1, 0.15) is 25.7 Å². The number of anilines is 1. The maximum Gasteiger partial charge on any atom is 0.319 e. The lowest BCUT2D eigenvalue weighted by atomic mass is 10.0. The standard InChI is InChI=1S/C17H22N4O3/c1-12(2)15(16-18-8-9-21(16)10-11-22)20-17(23)19-13-4-6-14(24-3)7-5-13/h4-9,11-12,15H,10H2,1-3H3,(H2,19,20,23)/t15-/m0/s1. The molecule has 0 unspecified atom stereocenters. The van der Waals surface area contributed by atoms with Crippen LogP contribution < -0.4 is 15.4 Å². The Balaban J connectivity index is 2.07. The molecule has 0 bridgehead atoms. The van der Waals surface area contributed by atoms with Gasteiger partial charge in [-0.1, -0.05) is 13.8 Å². The minimum absolute atomic E-state index is 0.111. The van der Waals surface area contributed by atoms with Gasteiger partial charge in [0, 0.05) is 18.1 Å². The van der Waals surface area contributed by atoms with E-state index in [1.807, 2.05) is 13.8 Å². The lowest BCUT2D eigenvalue weighted by Crippen LogP contribution is -2.36. The Morgan fingerprint density at radius 2 is 2.04 bits per heavy atom. The number of methoxy groups -OCH3 is 1.